The minimum Gasteiger partial charge on any atom is -0.454 e. The zero-order valence-corrected chi connectivity index (χ0v) is 11.4. The van der Waals surface area contributed by atoms with Crippen LogP contribution in [-0.4, -0.2) is 36.0 Å². The Kier molecular flexibility index (Phi) is 2.67. The van der Waals surface area contributed by atoms with Crippen molar-refractivity contribution in [2.75, 3.05) is 13.2 Å². The molecular formula is C15H20O4. The standard InChI is InChI=1S/C15H20O4/c1-4-14(2)6-11-9(10(7-16)13(17)19-11)5-12(14)15(3)8-18-15/h4,11-12,16H,1,5-8H2,2-3H3/t11-,12+,14+,15+/m0/s1. The average Bonchev–Trinajstić information content (AvgIpc) is 3.03. The van der Waals surface area contributed by atoms with Crippen LogP contribution in [0.15, 0.2) is 23.8 Å². The van der Waals surface area contributed by atoms with Crippen LogP contribution in [0, 0.1) is 11.3 Å². The van der Waals surface area contributed by atoms with Gasteiger partial charge in [-0.3, -0.25) is 0 Å². The lowest BCUT2D eigenvalue weighted by atomic mass is 9.61. The zero-order valence-electron chi connectivity index (χ0n) is 11.4. The van der Waals surface area contributed by atoms with E-state index in [-0.39, 0.29) is 35.6 Å². The lowest BCUT2D eigenvalue weighted by molar-refractivity contribution is -0.142. The minimum absolute atomic E-state index is 0.107. The molecule has 4 atom stereocenters. The van der Waals surface area contributed by atoms with Gasteiger partial charge in [0.05, 0.1) is 24.4 Å². The number of ether oxygens (including phenoxy) is 2. The summed E-state index contributed by atoms with van der Waals surface area (Å²) in [6.45, 7) is 8.73. The third-order valence-corrected chi connectivity index (χ3v) is 5.08. The number of hydrogen-bond acceptors (Lipinski definition) is 4. The molecule has 0 radical (unpaired) electrons. The Bertz CT molecular complexity index is 475. The summed E-state index contributed by atoms with van der Waals surface area (Å²) in [4.78, 5) is 11.7. The van der Waals surface area contributed by atoms with E-state index in [1.165, 1.54) is 0 Å². The number of hydrogen-bond donors (Lipinski definition) is 1. The fourth-order valence-corrected chi connectivity index (χ4v) is 3.63. The van der Waals surface area contributed by atoms with Gasteiger partial charge in [-0.05, 0) is 30.8 Å². The van der Waals surface area contributed by atoms with Gasteiger partial charge in [0.1, 0.15) is 6.10 Å². The average molecular weight is 264 g/mol. The van der Waals surface area contributed by atoms with Gasteiger partial charge in [-0.2, -0.15) is 0 Å². The summed E-state index contributed by atoms with van der Waals surface area (Å²) >= 11 is 0. The van der Waals surface area contributed by atoms with Gasteiger partial charge in [-0.15, -0.1) is 6.58 Å². The van der Waals surface area contributed by atoms with Gasteiger partial charge in [-0.1, -0.05) is 13.0 Å². The summed E-state index contributed by atoms with van der Waals surface area (Å²) < 4.78 is 11.0. The Hall–Kier alpha value is -1.13. The molecule has 4 nitrogen and oxygen atoms in total. The van der Waals surface area contributed by atoms with Crippen LogP contribution in [0.2, 0.25) is 0 Å². The highest BCUT2D eigenvalue weighted by atomic mass is 16.6. The zero-order chi connectivity index (χ0) is 13.8. The molecule has 2 aliphatic heterocycles. The van der Waals surface area contributed by atoms with Crippen molar-refractivity contribution in [3.05, 3.63) is 23.8 Å². The number of epoxide rings is 1. The molecule has 0 amide bonds. The van der Waals surface area contributed by atoms with Crippen LogP contribution < -0.4 is 0 Å². The molecule has 0 aromatic heterocycles. The van der Waals surface area contributed by atoms with E-state index in [1.54, 1.807) is 0 Å². The van der Waals surface area contributed by atoms with E-state index in [0.29, 0.717) is 5.57 Å². The third-order valence-electron chi connectivity index (χ3n) is 5.08. The van der Waals surface area contributed by atoms with E-state index < -0.39 is 0 Å². The summed E-state index contributed by atoms with van der Waals surface area (Å²) in [7, 11) is 0. The van der Waals surface area contributed by atoms with Gasteiger partial charge < -0.3 is 14.6 Å². The van der Waals surface area contributed by atoms with E-state index in [0.717, 1.165) is 25.0 Å². The summed E-state index contributed by atoms with van der Waals surface area (Å²) in [6, 6.07) is 0. The van der Waals surface area contributed by atoms with Crippen LogP contribution in [0.1, 0.15) is 26.7 Å². The van der Waals surface area contributed by atoms with Crippen molar-refractivity contribution in [1.82, 2.24) is 0 Å². The van der Waals surface area contributed by atoms with Crippen molar-refractivity contribution in [3.8, 4) is 0 Å². The number of aliphatic hydroxyl groups is 1. The van der Waals surface area contributed by atoms with E-state index in [4.69, 9.17) is 9.47 Å². The van der Waals surface area contributed by atoms with E-state index in [2.05, 4.69) is 20.4 Å². The fourth-order valence-electron chi connectivity index (χ4n) is 3.63. The molecule has 0 bridgehead atoms. The maximum absolute atomic E-state index is 11.7. The second-order valence-corrected chi connectivity index (χ2v) is 6.33. The van der Waals surface area contributed by atoms with Crippen LogP contribution in [0.25, 0.3) is 0 Å². The van der Waals surface area contributed by atoms with Crippen LogP contribution >= 0.6 is 0 Å². The maximum Gasteiger partial charge on any atom is 0.337 e. The molecule has 3 aliphatic rings. The Labute approximate surface area is 113 Å². The lowest BCUT2D eigenvalue weighted by Gasteiger charge is -2.44. The molecule has 2 heterocycles. The number of carbonyl (C=O) groups excluding carboxylic acids is 1. The molecule has 0 aromatic carbocycles. The topological polar surface area (TPSA) is 59.1 Å². The minimum atomic E-state index is -0.364. The number of aliphatic hydroxyl groups excluding tert-OH is 1. The second-order valence-electron chi connectivity index (χ2n) is 6.33. The molecule has 2 fully saturated rings. The van der Waals surface area contributed by atoms with E-state index in [1.807, 2.05) is 6.08 Å². The Morgan fingerprint density at radius 2 is 2.21 bits per heavy atom. The quantitative estimate of drug-likeness (QED) is 0.478. The first kappa shape index (κ1) is 12.9. The molecule has 104 valence electrons. The number of esters is 1. The molecule has 0 spiro atoms. The molecule has 3 rings (SSSR count). The molecule has 1 saturated carbocycles. The SMILES string of the molecule is C=C[C@]1(C)C[C@@H]2OC(=O)C(CO)=C2C[C@H]1[C@@]1(C)CO1. The van der Waals surface area contributed by atoms with Gasteiger partial charge in [-0.25, -0.2) is 4.79 Å². The van der Waals surface area contributed by atoms with Gasteiger partial charge in [0.25, 0.3) is 0 Å². The van der Waals surface area contributed by atoms with E-state index >= 15 is 0 Å². The van der Waals surface area contributed by atoms with Gasteiger partial charge in [0.2, 0.25) is 0 Å². The Morgan fingerprint density at radius 1 is 1.53 bits per heavy atom. The van der Waals surface area contributed by atoms with Crippen molar-refractivity contribution in [1.29, 1.82) is 0 Å². The molecule has 4 heteroatoms. The van der Waals surface area contributed by atoms with Gasteiger partial charge in [0.15, 0.2) is 0 Å². The van der Waals surface area contributed by atoms with Gasteiger partial charge in [0, 0.05) is 5.92 Å². The number of fused-ring (bicyclic) bond motifs is 1. The van der Waals surface area contributed by atoms with Gasteiger partial charge >= 0.3 is 5.97 Å². The van der Waals surface area contributed by atoms with Crippen LogP contribution in [0.3, 0.4) is 0 Å². The molecule has 19 heavy (non-hydrogen) atoms. The molecule has 1 N–H and O–H groups in total. The first-order chi connectivity index (χ1) is 8.93. The smallest absolute Gasteiger partial charge is 0.337 e. The summed E-state index contributed by atoms with van der Waals surface area (Å²) in [5.74, 6) is -0.0868. The van der Waals surface area contributed by atoms with Crippen molar-refractivity contribution in [3.63, 3.8) is 0 Å². The normalized spacial score (nSPS) is 44.9. The van der Waals surface area contributed by atoms with Crippen LogP contribution in [-0.2, 0) is 14.3 Å². The van der Waals surface area contributed by atoms with Crippen molar-refractivity contribution in [2.45, 2.75) is 38.4 Å². The monoisotopic (exact) mass is 264 g/mol. The number of allylic oxidation sites excluding steroid dienone is 1. The predicted molar refractivity (Wildman–Crippen MR) is 69.4 cm³/mol. The molecule has 0 aromatic rings. The van der Waals surface area contributed by atoms with E-state index in [9.17, 15) is 9.90 Å². The molecule has 1 aliphatic carbocycles. The summed E-state index contributed by atoms with van der Waals surface area (Å²) in [5.41, 5.74) is 1.18. The number of rotatable bonds is 3. The highest BCUT2D eigenvalue weighted by molar-refractivity contribution is 5.92. The Morgan fingerprint density at radius 3 is 2.74 bits per heavy atom. The lowest BCUT2D eigenvalue weighted by Crippen LogP contribution is -2.43. The van der Waals surface area contributed by atoms with Crippen LogP contribution in [0.4, 0.5) is 0 Å². The van der Waals surface area contributed by atoms with Crippen molar-refractivity contribution in [2.24, 2.45) is 11.3 Å². The van der Waals surface area contributed by atoms with Crippen molar-refractivity contribution >= 4 is 5.97 Å². The molecule has 1 saturated heterocycles. The van der Waals surface area contributed by atoms with Crippen molar-refractivity contribution < 1.29 is 19.4 Å². The summed E-state index contributed by atoms with van der Waals surface area (Å²) in [5, 5.41) is 9.36. The maximum atomic E-state index is 11.7. The third kappa shape index (κ3) is 1.77. The first-order valence-corrected chi connectivity index (χ1v) is 6.75. The first-order valence-electron chi connectivity index (χ1n) is 6.75. The number of carbonyl (C=O) groups is 1. The predicted octanol–water partition coefficient (Wildman–Crippen LogP) is 1.59. The highest BCUT2D eigenvalue weighted by Crippen LogP contribution is 2.56. The highest BCUT2D eigenvalue weighted by Gasteiger charge is 2.58. The molecule has 0 unspecified atom stereocenters. The van der Waals surface area contributed by atoms with Crippen LogP contribution in [0.5, 0.6) is 0 Å². The fraction of sp³-hybridized carbons (Fsp3) is 0.667. The molecular weight excluding hydrogens is 244 g/mol. The Balaban J connectivity index is 1.99. The summed E-state index contributed by atoms with van der Waals surface area (Å²) in [6.07, 6.45) is 3.23. The largest absolute Gasteiger partial charge is 0.454 e. The second kappa shape index (κ2) is 3.93.